The Labute approximate surface area is 186 Å². The van der Waals surface area contributed by atoms with Crippen LogP contribution in [0.25, 0.3) is 0 Å². The number of carboxylic acids is 1. The molecular weight excluding hydrogens is 400 g/mol. The number of carbonyl (C=O) groups excluding carboxylic acids is 3. The van der Waals surface area contributed by atoms with Crippen molar-refractivity contribution in [2.75, 3.05) is 26.2 Å². The van der Waals surface area contributed by atoms with Crippen molar-refractivity contribution >= 4 is 23.8 Å². The molecule has 0 unspecified atom stereocenters. The van der Waals surface area contributed by atoms with Crippen LogP contribution in [-0.2, 0) is 23.9 Å². The first-order chi connectivity index (χ1) is 14.3. The van der Waals surface area contributed by atoms with E-state index < -0.39 is 5.97 Å². The second-order valence-corrected chi connectivity index (χ2v) is 6.06. The summed E-state index contributed by atoms with van der Waals surface area (Å²) in [5, 5.41) is 11.5. The molecule has 2 N–H and O–H groups in total. The number of esters is 2. The molecule has 1 saturated heterocycles. The zero-order chi connectivity index (χ0) is 23.2. The summed E-state index contributed by atoms with van der Waals surface area (Å²) in [7, 11) is 0. The van der Waals surface area contributed by atoms with Gasteiger partial charge in [-0.1, -0.05) is 31.7 Å². The van der Waals surface area contributed by atoms with Crippen molar-refractivity contribution in [2.45, 2.75) is 46.0 Å². The highest BCUT2D eigenvalue weighted by molar-refractivity contribution is 5.87. The lowest BCUT2D eigenvalue weighted by Crippen LogP contribution is -2.31. The molecular formula is C23H38N2O6. The monoisotopic (exact) mass is 438 g/mol. The Hall–Kier alpha value is -3.00. The lowest BCUT2D eigenvalue weighted by Gasteiger charge is -2.18. The summed E-state index contributed by atoms with van der Waals surface area (Å²) in [5.41, 5.74) is 0. The predicted molar refractivity (Wildman–Crippen MR) is 123 cm³/mol. The number of nitrogens with zero attached hydrogens (tertiary/aromatic N) is 1. The molecule has 176 valence electrons. The van der Waals surface area contributed by atoms with Crippen LogP contribution in [0.3, 0.4) is 0 Å². The maximum absolute atomic E-state index is 11.5. The molecule has 0 aromatic heterocycles. The van der Waals surface area contributed by atoms with E-state index in [-0.39, 0.29) is 38.1 Å². The number of carbonyl (C=O) groups is 4. The van der Waals surface area contributed by atoms with Crippen LogP contribution in [0.1, 0.15) is 46.0 Å². The summed E-state index contributed by atoms with van der Waals surface area (Å²) in [6.07, 6.45) is 9.02. The van der Waals surface area contributed by atoms with Gasteiger partial charge in [0, 0.05) is 51.9 Å². The fourth-order valence-corrected chi connectivity index (χ4v) is 2.03. The molecule has 0 spiro atoms. The van der Waals surface area contributed by atoms with E-state index in [0.717, 1.165) is 13.1 Å². The van der Waals surface area contributed by atoms with Crippen molar-refractivity contribution in [3.63, 3.8) is 0 Å². The highest BCUT2D eigenvalue weighted by Gasteiger charge is 2.16. The van der Waals surface area contributed by atoms with Crippen LogP contribution < -0.4 is 5.32 Å². The maximum Gasteiger partial charge on any atom is 0.313 e. The summed E-state index contributed by atoms with van der Waals surface area (Å²) < 4.78 is 4.21. The van der Waals surface area contributed by atoms with Crippen LogP contribution >= 0.6 is 0 Å². The first-order valence-corrected chi connectivity index (χ1v) is 9.69. The van der Waals surface area contributed by atoms with Gasteiger partial charge in [0.15, 0.2) is 0 Å². The Morgan fingerprint density at radius 1 is 0.935 bits per heavy atom. The number of carboxylic acid groups (broad SMARTS) is 1. The van der Waals surface area contributed by atoms with E-state index >= 15 is 0 Å². The zero-order valence-electron chi connectivity index (χ0n) is 17.6. The summed E-state index contributed by atoms with van der Waals surface area (Å²) in [6.45, 7) is 16.8. The van der Waals surface area contributed by atoms with Gasteiger partial charge in [-0.25, -0.2) is 0 Å². The summed E-state index contributed by atoms with van der Waals surface area (Å²) in [4.78, 5) is 43.8. The van der Waals surface area contributed by atoms with Gasteiger partial charge in [-0.15, -0.1) is 26.3 Å². The number of nitrogens with one attached hydrogen (secondary N) is 1. The molecule has 8 heteroatoms. The highest BCUT2D eigenvalue weighted by Crippen LogP contribution is 2.06. The minimum atomic E-state index is -0.873. The number of aliphatic carboxylic acids is 1. The van der Waals surface area contributed by atoms with Crippen molar-refractivity contribution < 1.29 is 29.0 Å². The van der Waals surface area contributed by atoms with E-state index in [1.165, 1.54) is 0 Å². The van der Waals surface area contributed by atoms with Crippen molar-refractivity contribution in [1.29, 1.82) is 0 Å². The third-order valence-electron chi connectivity index (χ3n) is 3.40. The molecule has 0 aromatic carbocycles. The molecule has 1 amide bonds. The summed E-state index contributed by atoms with van der Waals surface area (Å²) >= 11 is 0. The minimum Gasteiger partial charge on any atom is -0.481 e. The molecule has 8 nitrogen and oxygen atoms in total. The fraction of sp³-hybridized carbons (Fsp3) is 0.478. The number of rotatable bonds is 12. The first kappa shape index (κ1) is 32.7. The molecule has 0 bridgehead atoms. The van der Waals surface area contributed by atoms with Crippen LogP contribution in [0.4, 0.5) is 0 Å². The van der Waals surface area contributed by atoms with Gasteiger partial charge in [-0.2, -0.15) is 0 Å². The zero-order valence-corrected chi connectivity index (χ0v) is 17.6. The lowest BCUT2D eigenvalue weighted by atomic mass is 10.2. The molecule has 0 aromatic rings. The number of amides is 1. The molecule has 0 aliphatic carbocycles. The molecule has 0 radical (unpaired) electrons. The van der Waals surface area contributed by atoms with E-state index in [1.54, 1.807) is 17.1 Å². The Bertz CT molecular complexity index is 555. The standard InChI is InChI=1S/C11H17NO3.C6H11N.C5H6O3.CH4/c1-3-8-12(9-4-2)10(13)6-5-7-11(14)15;1-3-5-7-6-4-2;6-4-2-1-3-5(7)8-4;/h3-4H,1-2,5-9H2,(H,14,15);3-4,7H,1-2,5-6H2;1-3H2;1H4. The Kier molecular flexibility index (Phi) is 24.5. The van der Waals surface area contributed by atoms with Gasteiger partial charge in [-0.05, 0) is 12.8 Å². The van der Waals surface area contributed by atoms with E-state index in [2.05, 4.69) is 36.4 Å². The topological polar surface area (TPSA) is 113 Å². The van der Waals surface area contributed by atoms with E-state index in [0.29, 0.717) is 38.8 Å². The predicted octanol–water partition coefficient (Wildman–Crippen LogP) is 3.27. The smallest absolute Gasteiger partial charge is 0.313 e. The average molecular weight is 439 g/mol. The molecule has 1 aliphatic rings. The molecule has 1 fully saturated rings. The Morgan fingerprint density at radius 3 is 1.74 bits per heavy atom. The van der Waals surface area contributed by atoms with Gasteiger partial charge >= 0.3 is 17.9 Å². The van der Waals surface area contributed by atoms with Crippen molar-refractivity contribution in [1.82, 2.24) is 10.2 Å². The number of hydrogen-bond donors (Lipinski definition) is 2. The third-order valence-corrected chi connectivity index (χ3v) is 3.40. The quantitative estimate of drug-likeness (QED) is 0.208. The first-order valence-electron chi connectivity index (χ1n) is 9.69. The molecule has 0 atom stereocenters. The van der Waals surface area contributed by atoms with Gasteiger partial charge in [0.1, 0.15) is 0 Å². The average Bonchev–Trinajstić information content (AvgIpc) is 2.69. The lowest BCUT2D eigenvalue weighted by molar-refractivity contribution is -0.163. The minimum absolute atomic E-state index is 0. The normalized spacial score (nSPS) is 11.6. The number of hydrogen-bond acceptors (Lipinski definition) is 6. The second kappa shape index (κ2) is 23.3. The Morgan fingerprint density at radius 2 is 1.42 bits per heavy atom. The van der Waals surface area contributed by atoms with Gasteiger partial charge in [0.2, 0.25) is 5.91 Å². The van der Waals surface area contributed by atoms with Crippen LogP contribution in [0.5, 0.6) is 0 Å². The van der Waals surface area contributed by atoms with Crippen LogP contribution in [-0.4, -0.2) is 60.0 Å². The largest absolute Gasteiger partial charge is 0.481 e. The molecule has 1 rings (SSSR count). The molecule has 31 heavy (non-hydrogen) atoms. The van der Waals surface area contributed by atoms with Crippen molar-refractivity contribution in [3.8, 4) is 0 Å². The van der Waals surface area contributed by atoms with Crippen molar-refractivity contribution in [2.24, 2.45) is 0 Å². The molecule has 1 aliphatic heterocycles. The highest BCUT2D eigenvalue weighted by atomic mass is 16.6. The second-order valence-electron chi connectivity index (χ2n) is 6.06. The van der Waals surface area contributed by atoms with E-state index in [4.69, 9.17) is 5.11 Å². The van der Waals surface area contributed by atoms with Crippen LogP contribution in [0.2, 0.25) is 0 Å². The number of ether oxygens (including phenoxy) is 1. The third kappa shape index (κ3) is 23.1. The molecule has 1 heterocycles. The van der Waals surface area contributed by atoms with Gasteiger partial charge in [0.05, 0.1) is 0 Å². The van der Waals surface area contributed by atoms with E-state index in [9.17, 15) is 19.2 Å². The van der Waals surface area contributed by atoms with Crippen molar-refractivity contribution in [3.05, 3.63) is 50.6 Å². The molecule has 0 saturated carbocycles. The number of cyclic esters (lactones) is 2. The maximum atomic E-state index is 11.5. The van der Waals surface area contributed by atoms with Crippen LogP contribution in [0, 0.1) is 0 Å². The summed E-state index contributed by atoms with van der Waals surface area (Å²) in [6, 6.07) is 0. The van der Waals surface area contributed by atoms with E-state index in [1.807, 2.05) is 12.2 Å². The van der Waals surface area contributed by atoms with Gasteiger partial charge in [0.25, 0.3) is 0 Å². The summed E-state index contributed by atoms with van der Waals surface area (Å²) in [5.74, 6) is -1.71. The van der Waals surface area contributed by atoms with Gasteiger partial charge in [-0.3, -0.25) is 19.2 Å². The van der Waals surface area contributed by atoms with Gasteiger partial charge < -0.3 is 20.1 Å². The Balaban J connectivity index is -0.000000412. The fourth-order valence-electron chi connectivity index (χ4n) is 2.03. The van der Waals surface area contributed by atoms with Crippen LogP contribution in [0.15, 0.2) is 50.6 Å². The SMILES string of the molecule is C.C=CCN(CC=C)C(=O)CCCC(=O)O.C=CCNCC=C.O=C1CCCC(=O)O1.